The molecule has 0 saturated heterocycles. The van der Waals surface area contributed by atoms with Crippen LogP contribution in [0.15, 0.2) is 66.9 Å². The topological polar surface area (TPSA) is 62.6 Å². The third-order valence-corrected chi connectivity index (χ3v) is 4.97. The van der Waals surface area contributed by atoms with E-state index >= 15 is 0 Å². The molecule has 0 unspecified atom stereocenters. The fourth-order valence-corrected chi connectivity index (χ4v) is 3.52. The van der Waals surface area contributed by atoms with Crippen LogP contribution >= 0.6 is 0 Å². The molecule has 3 aromatic rings. The highest BCUT2D eigenvalue weighted by atomic mass is 15.0. The van der Waals surface area contributed by atoms with Gasteiger partial charge in [0.15, 0.2) is 5.70 Å². The number of aromatic amines is 1. The van der Waals surface area contributed by atoms with E-state index in [-0.39, 0.29) is 0 Å². The summed E-state index contributed by atoms with van der Waals surface area (Å²) in [5, 5.41) is 0. The highest BCUT2D eigenvalue weighted by Gasteiger charge is 2.20. The number of nitrogens with two attached hydrogens (primary N) is 1. The molecule has 6 heteroatoms. The largest absolute Gasteiger partial charge is 0.586 e. The average Bonchev–Trinajstić information content (AvgIpc) is 3.47. The molecule has 3 N–H and O–H groups in total. The minimum absolute atomic E-state index is 0.563. The Morgan fingerprint density at radius 1 is 1.28 bits per heavy atom. The average molecular weight is 380 g/mol. The predicted molar refractivity (Wildman–Crippen MR) is 120 cm³/mol. The van der Waals surface area contributed by atoms with Crippen LogP contribution in [0.1, 0.15) is 28.9 Å². The van der Waals surface area contributed by atoms with Crippen LogP contribution in [0, 0.1) is 6.92 Å². The van der Waals surface area contributed by atoms with Gasteiger partial charge in [0, 0.05) is 41.5 Å². The number of H-pyrrole nitrogens is 1. The molecule has 29 heavy (non-hydrogen) atoms. The predicted octanol–water partition coefficient (Wildman–Crippen LogP) is 3.48. The van der Waals surface area contributed by atoms with E-state index in [9.17, 15) is 0 Å². The van der Waals surface area contributed by atoms with Gasteiger partial charge in [0.1, 0.15) is 6.21 Å². The standard InChI is InChI=1S/C23H23BN5/c1-17-15-19(27-23(17)21(10-11-25)22-3-2-13-29(22)24)7-4-18-5-8-20(9-6-18)28-14-12-26-16-28/h2-9,12-16,27H,10-11,25H2,1H3/q+1. The summed E-state index contributed by atoms with van der Waals surface area (Å²) in [6.07, 6.45) is 16.2. The van der Waals surface area contributed by atoms with Crippen molar-refractivity contribution < 1.29 is 4.49 Å². The lowest BCUT2D eigenvalue weighted by Gasteiger charge is -2.07. The number of aryl methyl sites for hydroxylation is 1. The maximum absolute atomic E-state index is 6.07. The van der Waals surface area contributed by atoms with E-state index in [1.54, 1.807) is 17.0 Å². The van der Waals surface area contributed by atoms with E-state index in [1.807, 2.05) is 29.1 Å². The van der Waals surface area contributed by atoms with Crippen molar-refractivity contribution in [2.24, 2.45) is 5.73 Å². The van der Waals surface area contributed by atoms with E-state index in [0.717, 1.165) is 40.3 Å². The Kier molecular flexibility index (Phi) is 5.45. The zero-order valence-electron chi connectivity index (χ0n) is 16.4. The van der Waals surface area contributed by atoms with Crippen molar-refractivity contribution in [1.82, 2.24) is 14.5 Å². The van der Waals surface area contributed by atoms with E-state index < -0.39 is 0 Å². The fraction of sp³-hybridized carbons (Fsp3) is 0.130. The van der Waals surface area contributed by atoms with Crippen molar-refractivity contribution in [3.63, 3.8) is 0 Å². The Morgan fingerprint density at radius 3 is 2.76 bits per heavy atom. The second kappa shape index (κ2) is 8.33. The quantitative estimate of drug-likeness (QED) is 0.644. The van der Waals surface area contributed by atoms with Crippen molar-refractivity contribution in [3.8, 4) is 5.69 Å². The van der Waals surface area contributed by atoms with Gasteiger partial charge >= 0.3 is 7.98 Å². The monoisotopic (exact) mass is 380 g/mol. The molecular weight excluding hydrogens is 357 g/mol. The zero-order chi connectivity index (χ0) is 20.2. The summed E-state index contributed by atoms with van der Waals surface area (Å²) < 4.78 is 3.62. The van der Waals surface area contributed by atoms with E-state index in [4.69, 9.17) is 13.7 Å². The minimum Gasteiger partial charge on any atom is -0.355 e. The van der Waals surface area contributed by atoms with Crippen LogP contribution in [0.5, 0.6) is 0 Å². The molecule has 0 atom stereocenters. The van der Waals surface area contributed by atoms with Gasteiger partial charge in [-0.2, -0.15) is 0 Å². The van der Waals surface area contributed by atoms with Gasteiger partial charge in [0.2, 0.25) is 0 Å². The van der Waals surface area contributed by atoms with Gasteiger partial charge in [-0.3, -0.25) is 4.49 Å². The van der Waals surface area contributed by atoms with E-state index in [0.29, 0.717) is 6.54 Å². The Hall–Kier alpha value is -3.38. The molecule has 4 rings (SSSR count). The Labute approximate surface area is 172 Å². The summed E-state index contributed by atoms with van der Waals surface area (Å²) in [6.45, 7) is 2.66. The molecule has 2 radical (unpaired) electrons. The van der Waals surface area contributed by atoms with Gasteiger partial charge in [-0.05, 0) is 55.3 Å². The van der Waals surface area contributed by atoms with Gasteiger partial charge in [0.05, 0.1) is 12.0 Å². The van der Waals surface area contributed by atoms with E-state index in [1.165, 1.54) is 5.56 Å². The van der Waals surface area contributed by atoms with Gasteiger partial charge in [-0.1, -0.05) is 18.2 Å². The normalized spacial score (nSPS) is 15.3. The molecule has 3 heterocycles. The maximum atomic E-state index is 6.07. The van der Waals surface area contributed by atoms with Crippen LogP contribution in [0.3, 0.4) is 0 Å². The summed E-state index contributed by atoms with van der Waals surface area (Å²) in [7, 11) is 6.07. The summed E-state index contributed by atoms with van der Waals surface area (Å²) in [5.74, 6) is 0. The highest BCUT2D eigenvalue weighted by Crippen LogP contribution is 2.27. The Balaban J connectivity index is 1.58. The molecule has 1 aliphatic rings. The maximum Gasteiger partial charge on any atom is 0.586 e. The molecule has 142 valence electrons. The van der Waals surface area contributed by atoms with Crippen LogP contribution < -0.4 is 5.73 Å². The highest BCUT2D eigenvalue weighted by molar-refractivity contribution is 6.01. The third kappa shape index (κ3) is 4.07. The van der Waals surface area contributed by atoms with Crippen LogP contribution in [-0.4, -0.2) is 39.8 Å². The number of nitrogens with zero attached hydrogens (tertiary/aromatic N) is 3. The van der Waals surface area contributed by atoms with Crippen LogP contribution in [0.4, 0.5) is 0 Å². The lowest BCUT2D eigenvalue weighted by atomic mass is 10.0. The van der Waals surface area contributed by atoms with Crippen molar-refractivity contribution in [3.05, 3.63) is 89.4 Å². The zero-order valence-corrected chi connectivity index (χ0v) is 16.4. The van der Waals surface area contributed by atoms with Crippen LogP contribution in [-0.2, 0) is 0 Å². The first kappa shape index (κ1) is 19.0. The summed E-state index contributed by atoms with van der Waals surface area (Å²) >= 11 is 0. The second-order valence-corrected chi connectivity index (χ2v) is 7.00. The molecule has 1 aliphatic heterocycles. The molecule has 2 aromatic heterocycles. The fourth-order valence-electron chi connectivity index (χ4n) is 3.52. The summed E-state index contributed by atoms with van der Waals surface area (Å²) in [6, 6.07) is 10.5. The van der Waals surface area contributed by atoms with Crippen molar-refractivity contribution in [2.45, 2.75) is 13.3 Å². The molecule has 0 fully saturated rings. The number of aromatic nitrogens is 3. The molecular formula is C23H23BN5+. The van der Waals surface area contributed by atoms with Crippen molar-refractivity contribution in [2.75, 3.05) is 6.54 Å². The van der Waals surface area contributed by atoms with Gasteiger partial charge < -0.3 is 15.3 Å². The molecule has 0 amide bonds. The van der Waals surface area contributed by atoms with Crippen molar-refractivity contribution in [1.29, 1.82) is 0 Å². The number of nitrogens with one attached hydrogen (secondary N) is 1. The molecule has 0 bridgehead atoms. The SMILES string of the molecule is [B][N+]1=CC=CC1=C(CCN)c1[nH]c(/C=C/c2ccc(-n3ccnc3)cc2)cc1C. The van der Waals surface area contributed by atoms with E-state index in [2.05, 4.69) is 59.4 Å². The summed E-state index contributed by atoms with van der Waals surface area (Å²) in [4.78, 5) is 7.61. The first-order valence-electron chi connectivity index (χ1n) is 9.61. The molecule has 5 nitrogen and oxygen atoms in total. The number of imidazole rings is 1. The number of benzene rings is 1. The number of hydrogen-bond acceptors (Lipinski definition) is 2. The second-order valence-electron chi connectivity index (χ2n) is 7.00. The number of hydrogen-bond donors (Lipinski definition) is 2. The number of allylic oxidation sites excluding steroid dienone is 2. The number of rotatable bonds is 6. The lowest BCUT2D eigenvalue weighted by molar-refractivity contribution is -0.294. The molecule has 0 saturated carbocycles. The van der Waals surface area contributed by atoms with Gasteiger partial charge in [-0.25, -0.2) is 4.98 Å². The Morgan fingerprint density at radius 2 is 2.10 bits per heavy atom. The smallest absolute Gasteiger partial charge is 0.355 e. The first-order chi connectivity index (χ1) is 14.2. The third-order valence-electron chi connectivity index (χ3n) is 4.97. The minimum atomic E-state index is 0.563. The van der Waals surface area contributed by atoms with Gasteiger partial charge in [-0.15, -0.1) is 0 Å². The lowest BCUT2D eigenvalue weighted by Crippen LogP contribution is -2.09. The van der Waals surface area contributed by atoms with Crippen LogP contribution in [0.2, 0.25) is 0 Å². The van der Waals surface area contributed by atoms with Crippen LogP contribution in [0.25, 0.3) is 23.4 Å². The molecule has 1 aromatic carbocycles. The van der Waals surface area contributed by atoms with Crippen molar-refractivity contribution >= 4 is 31.9 Å². The summed E-state index contributed by atoms with van der Waals surface area (Å²) in [5.41, 5.74) is 13.5. The molecule has 0 aliphatic carbocycles. The molecule has 0 spiro atoms. The first-order valence-corrected chi connectivity index (χ1v) is 9.61. The van der Waals surface area contributed by atoms with Gasteiger partial charge in [0.25, 0.3) is 0 Å². The Bertz CT molecular complexity index is 1110.